The Labute approximate surface area is 346 Å². The maximum atomic E-state index is 6.79. The van der Waals surface area contributed by atoms with Crippen LogP contribution in [-0.2, 0) is 5.41 Å². The van der Waals surface area contributed by atoms with Gasteiger partial charge >= 0.3 is 0 Å². The zero-order valence-electron chi connectivity index (χ0n) is 33.1. The Bertz CT molecular complexity index is 3040. The molecule has 2 heteroatoms. The van der Waals surface area contributed by atoms with E-state index in [2.05, 4.69) is 225 Å². The number of fused-ring (bicyclic) bond motifs is 8. The number of anilines is 3. The maximum absolute atomic E-state index is 6.79. The second-order valence-electron chi connectivity index (χ2n) is 16.1. The SMILES string of the molecule is CC1(C)c2ccccc2-c2ccc(N(c3ccc(-c4ccc5c(c4)Oc4ccccc4-c4ccc(-c6ccccc6)cc4-5)cc3)c3cccc(-c4ccccc4)c3)cc21. The van der Waals surface area contributed by atoms with Gasteiger partial charge in [-0.15, -0.1) is 0 Å². The number of hydrogen-bond acceptors (Lipinski definition) is 2. The van der Waals surface area contributed by atoms with E-state index in [-0.39, 0.29) is 5.41 Å². The summed E-state index contributed by atoms with van der Waals surface area (Å²) in [4.78, 5) is 2.40. The second-order valence-corrected chi connectivity index (χ2v) is 16.1. The minimum absolute atomic E-state index is 0.110. The Morgan fingerprint density at radius 1 is 0.305 bits per heavy atom. The number of ether oxygens (including phenoxy) is 1. The lowest BCUT2D eigenvalue weighted by atomic mass is 9.82. The van der Waals surface area contributed by atoms with Gasteiger partial charge in [-0.25, -0.2) is 0 Å². The van der Waals surface area contributed by atoms with Gasteiger partial charge in [0.15, 0.2) is 0 Å². The molecule has 9 aromatic rings. The van der Waals surface area contributed by atoms with Crippen LogP contribution in [-0.4, -0.2) is 0 Å². The third kappa shape index (κ3) is 5.96. The van der Waals surface area contributed by atoms with Crippen molar-refractivity contribution in [3.63, 3.8) is 0 Å². The summed E-state index contributed by atoms with van der Waals surface area (Å²) in [5, 5.41) is 0. The summed E-state index contributed by atoms with van der Waals surface area (Å²) in [5.74, 6) is 1.71. The summed E-state index contributed by atoms with van der Waals surface area (Å²) in [6.07, 6.45) is 0. The molecule has 0 spiro atoms. The number of nitrogens with zero attached hydrogens (tertiary/aromatic N) is 1. The third-order valence-corrected chi connectivity index (χ3v) is 12.3. The molecular weight excluding hydrogens is 715 g/mol. The van der Waals surface area contributed by atoms with Gasteiger partial charge in [0, 0.05) is 33.6 Å². The predicted molar refractivity (Wildman–Crippen MR) is 246 cm³/mol. The summed E-state index contributed by atoms with van der Waals surface area (Å²) in [6.45, 7) is 4.69. The van der Waals surface area contributed by atoms with E-state index in [9.17, 15) is 0 Å². The molecule has 0 unspecified atom stereocenters. The molecule has 59 heavy (non-hydrogen) atoms. The van der Waals surface area contributed by atoms with Crippen LogP contribution in [0.2, 0.25) is 0 Å². The average molecular weight is 756 g/mol. The second kappa shape index (κ2) is 13.9. The quantitative estimate of drug-likeness (QED) is 0.168. The van der Waals surface area contributed by atoms with E-state index in [1.807, 2.05) is 6.07 Å². The van der Waals surface area contributed by atoms with E-state index < -0.39 is 0 Å². The fraction of sp³-hybridized carbons (Fsp3) is 0.0526. The molecule has 0 saturated heterocycles. The van der Waals surface area contributed by atoms with Crippen molar-refractivity contribution < 1.29 is 4.74 Å². The molecule has 0 radical (unpaired) electrons. The Morgan fingerprint density at radius 2 is 0.814 bits per heavy atom. The molecule has 280 valence electrons. The van der Waals surface area contributed by atoms with Gasteiger partial charge in [0.25, 0.3) is 0 Å². The van der Waals surface area contributed by atoms with E-state index in [1.54, 1.807) is 0 Å². The molecule has 0 fully saturated rings. The molecule has 9 aromatic carbocycles. The first-order valence-electron chi connectivity index (χ1n) is 20.4. The highest BCUT2D eigenvalue weighted by molar-refractivity contribution is 5.94. The lowest BCUT2D eigenvalue weighted by molar-refractivity contribution is 0.488. The molecule has 0 atom stereocenters. The third-order valence-electron chi connectivity index (χ3n) is 12.3. The van der Waals surface area contributed by atoms with Gasteiger partial charge in [-0.1, -0.05) is 166 Å². The number of hydrogen-bond donors (Lipinski definition) is 0. The molecule has 1 aliphatic carbocycles. The van der Waals surface area contributed by atoms with Crippen LogP contribution in [0.4, 0.5) is 17.1 Å². The van der Waals surface area contributed by atoms with E-state index >= 15 is 0 Å². The normalized spacial score (nSPS) is 12.8. The highest BCUT2D eigenvalue weighted by Gasteiger charge is 2.35. The van der Waals surface area contributed by atoms with Crippen LogP contribution < -0.4 is 9.64 Å². The number of para-hydroxylation sites is 1. The molecule has 0 aromatic heterocycles. The van der Waals surface area contributed by atoms with Gasteiger partial charge in [-0.3, -0.25) is 0 Å². The van der Waals surface area contributed by atoms with Gasteiger partial charge in [0.2, 0.25) is 0 Å². The van der Waals surface area contributed by atoms with Crippen molar-refractivity contribution in [2.24, 2.45) is 0 Å². The summed E-state index contributed by atoms with van der Waals surface area (Å²) >= 11 is 0. The number of rotatable bonds is 6. The van der Waals surface area contributed by atoms with E-state index in [0.29, 0.717) is 0 Å². The lowest BCUT2D eigenvalue weighted by Gasteiger charge is -2.28. The van der Waals surface area contributed by atoms with Gasteiger partial charge in [0.1, 0.15) is 11.5 Å². The summed E-state index contributed by atoms with van der Waals surface area (Å²) < 4.78 is 6.79. The van der Waals surface area contributed by atoms with E-state index in [1.165, 1.54) is 55.6 Å². The first-order valence-corrected chi connectivity index (χ1v) is 20.4. The molecule has 0 N–H and O–H groups in total. The summed E-state index contributed by atoms with van der Waals surface area (Å²) in [6, 6.07) is 76.7. The highest BCUT2D eigenvalue weighted by atomic mass is 16.5. The average Bonchev–Trinajstić information content (AvgIpc) is 3.42. The lowest BCUT2D eigenvalue weighted by Crippen LogP contribution is -2.16. The predicted octanol–water partition coefficient (Wildman–Crippen LogP) is 15.9. The maximum Gasteiger partial charge on any atom is 0.135 e. The molecule has 1 aliphatic heterocycles. The molecule has 0 bridgehead atoms. The van der Waals surface area contributed by atoms with E-state index in [4.69, 9.17) is 4.74 Å². The topological polar surface area (TPSA) is 12.5 Å². The van der Waals surface area contributed by atoms with Crippen LogP contribution in [0.1, 0.15) is 25.0 Å². The fourth-order valence-corrected chi connectivity index (χ4v) is 9.25. The Kier molecular flexibility index (Phi) is 8.20. The van der Waals surface area contributed by atoms with Crippen molar-refractivity contribution in [1.29, 1.82) is 0 Å². The highest BCUT2D eigenvalue weighted by Crippen LogP contribution is 2.52. The van der Waals surface area contributed by atoms with Crippen molar-refractivity contribution in [3.8, 4) is 78.3 Å². The first-order chi connectivity index (χ1) is 29.0. The van der Waals surface area contributed by atoms with Crippen LogP contribution in [0.5, 0.6) is 11.5 Å². The van der Waals surface area contributed by atoms with Crippen molar-refractivity contribution in [3.05, 3.63) is 223 Å². The number of benzene rings is 9. The fourth-order valence-electron chi connectivity index (χ4n) is 9.25. The van der Waals surface area contributed by atoms with Crippen molar-refractivity contribution in [1.82, 2.24) is 0 Å². The van der Waals surface area contributed by atoms with Gasteiger partial charge < -0.3 is 9.64 Å². The van der Waals surface area contributed by atoms with Crippen LogP contribution in [0.15, 0.2) is 212 Å². The Morgan fingerprint density at radius 3 is 1.58 bits per heavy atom. The molecule has 2 aliphatic rings. The van der Waals surface area contributed by atoms with Gasteiger partial charge in [-0.05, 0) is 127 Å². The largest absolute Gasteiger partial charge is 0.456 e. The molecule has 1 heterocycles. The zero-order chi connectivity index (χ0) is 39.5. The van der Waals surface area contributed by atoms with Gasteiger partial charge in [0.05, 0.1) is 0 Å². The molecular formula is C57H41NO. The molecule has 2 nitrogen and oxygen atoms in total. The molecule has 0 amide bonds. The van der Waals surface area contributed by atoms with Crippen LogP contribution >= 0.6 is 0 Å². The minimum Gasteiger partial charge on any atom is -0.456 e. The van der Waals surface area contributed by atoms with Crippen molar-refractivity contribution >= 4 is 17.1 Å². The Balaban J connectivity index is 1.00. The van der Waals surface area contributed by atoms with Gasteiger partial charge in [-0.2, -0.15) is 0 Å². The summed E-state index contributed by atoms with van der Waals surface area (Å²) in [7, 11) is 0. The smallest absolute Gasteiger partial charge is 0.135 e. The minimum atomic E-state index is -0.110. The Hall–Kier alpha value is -7.42. The standard InChI is InChI=1S/C57H41NO/c1-57(2)53-22-11-9-20-48(53)49-33-30-46(37-54(49)57)58(45-19-13-18-41(34-45)38-14-5-3-6-15-38)44-28-24-40(25-29-44)43-27-32-51-52-35-42(39-16-7-4-8-17-39)26-31-47(52)50-21-10-12-23-55(50)59-56(51)36-43/h3-37H,1-2H3. The molecule has 0 saturated carbocycles. The van der Waals surface area contributed by atoms with Crippen LogP contribution in [0.3, 0.4) is 0 Å². The first kappa shape index (κ1) is 34.8. The monoisotopic (exact) mass is 755 g/mol. The van der Waals surface area contributed by atoms with Crippen molar-refractivity contribution in [2.75, 3.05) is 4.90 Å². The van der Waals surface area contributed by atoms with Crippen molar-refractivity contribution in [2.45, 2.75) is 19.3 Å². The van der Waals surface area contributed by atoms with E-state index in [0.717, 1.165) is 50.8 Å². The zero-order valence-corrected chi connectivity index (χ0v) is 33.1. The summed E-state index contributed by atoms with van der Waals surface area (Å²) in [5.41, 5.74) is 20.1. The molecule has 11 rings (SSSR count). The van der Waals surface area contributed by atoms with Crippen LogP contribution in [0.25, 0.3) is 66.8 Å². The van der Waals surface area contributed by atoms with Crippen LogP contribution in [0, 0.1) is 0 Å².